The predicted octanol–water partition coefficient (Wildman–Crippen LogP) is 6.35. The topological polar surface area (TPSA) is 42.9 Å². The molecule has 3 nitrogen and oxygen atoms in total. The van der Waals surface area contributed by atoms with Crippen molar-refractivity contribution in [2.45, 2.75) is 0 Å². The summed E-state index contributed by atoms with van der Waals surface area (Å²) in [5.74, 6) is -0.0878. The van der Waals surface area contributed by atoms with Crippen LogP contribution in [0.15, 0.2) is 85.2 Å². The van der Waals surface area contributed by atoms with E-state index in [0.717, 1.165) is 22.5 Å². The summed E-state index contributed by atoms with van der Waals surface area (Å²) < 4.78 is 0. The van der Waals surface area contributed by atoms with Crippen molar-refractivity contribution >= 4 is 29.0 Å². The Morgan fingerprint density at radius 3 is 1.39 bits per heavy atom. The van der Waals surface area contributed by atoms with Crippen LogP contribution in [0.1, 0.15) is 15.9 Å². The van der Waals surface area contributed by atoms with Gasteiger partial charge in [0.2, 0.25) is 0 Å². The number of aromatic nitrogens is 2. The molecule has 0 saturated carbocycles. The second-order valence-electron chi connectivity index (χ2n) is 6.20. The molecule has 0 aliphatic heterocycles. The Bertz CT molecular complexity index is 1050. The van der Waals surface area contributed by atoms with Gasteiger partial charge in [0.15, 0.2) is 5.78 Å². The average Bonchev–Trinajstić information content (AvgIpc) is 2.74. The number of rotatable bonds is 4. The summed E-state index contributed by atoms with van der Waals surface area (Å²) in [6, 6.07) is 21.7. The van der Waals surface area contributed by atoms with Crippen LogP contribution in [0.2, 0.25) is 10.0 Å². The van der Waals surface area contributed by atoms with Crippen molar-refractivity contribution in [1.29, 1.82) is 0 Å². The maximum absolute atomic E-state index is 13.0. The van der Waals surface area contributed by atoms with Gasteiger partial charge in [-0.05, 0) is 48.5 Å². The largest absolute Gasteiger partial charge is 0.289 e. The van der Waals surface area contributed by atoms with Gasteiger partial charge in [0, 0.05) is 44.7 Å². The third kappa shape index (κ3) is 3.96. The molecule has 2 aromatic heterocycles. The van der Waals surface area contributed by atoms with Crippen molar-refractivity contribution in [3.8, 4) is 22.5 Å². The number of halogens is 2. The van der Waals surface area contributed by atoms with Gasteiger partial charge in [-0.3, -0.25) is 14.8 Å². The highest BCUT2D eigenvalue weighted by Crippen LogP contribution is 2.24. The molecule has 0 amide bonds. The molecule has 2 aromatic carbocycles. The molecule has 28 heavy (non-hydrogen) atoms. The molecule has 0 fully saturated rings. The van der Waals surface area contributed by atoms with E-state index in [1.807, 2.05) is 24.3 Å². The minimum Gasteiger partial charge on any atom is -0.289 e. The van der Waals surface area contributed by atoms with Crippen LogP contribution < -0.4 is 0 Å². The van der Waals surface area contributed by atoms with Crippen molar-refractivity contribution in [2.75, 3.05) is 0 Å². The van der Waals surface area contributed by atoms with Gasteiger partial charge in [0.1, 0.15) is 0 Å². The van der Waals surface area contributed by atoms with E-state index < -0.39 is 0 Å². The van der Waals surface area contributed by atoms with E-state index in [2.05, 4.69) is 9.97 Å². The highest BCUT2D eigenvalue weighted by atomic mass is 35.5. The fourth-order valence-electron chi connectivity index (χ4n) is 2.87. The molecule has 0 radical (unpaired) electrons. The monoisotopic (exact) mass is 404 g/mol. The van der Waals surface area contributed by atoms with Gasteiger partial charge in [-0.25, -0.2) is 0 Å². The van der Waals surface area contributed by atoms with Crippen LogP contribution in [0.3, 0.4) is 0 Å². The first-order valence-electron chi connectivity index (χ1n) is 8.59. The first-order valence-corrected chi connectivity index (χ1v) is 9.34. The van der Waals surface area contributed by atoms with E-state index in [0.29, 0.717) is 21.2 Å². The zero-order chi connectivity index (χ0) is 19.5. The summed E-state index contributed by atoms with van der Waals surface area (Å²) in [4.78, 5) is 21.8. The fourth-order valence-corrected chi connectivity index (χ4v) is 3.12. The number of carbonyl (C=O) groups is 1. The Kier molecular flexibility index (Phi) is 5.20. The molecule has 0 saturated heterocycles. The lowest BCUT2D eigenvalue weighted by Crippen LogP contribution is -2.03. The number of nitrogens with zero attached hydrogens (tertiary/aromatic N) is 2. The van der Waals surface area contributed by atoms with E-state index >= 15 is 0 Å². The molecule has 0 bridgehead atoms. The van der Waals surface area contributed by atoms with E-state index in [1.165, 1.54) is 0 Å². The van der Waals surface area contributed by atoms with Gasteiger partial charge < -0.3 is 0 Å². The van der Waals surface area contributed by atoms with Gasteiger partial charge in [0.05, 0.1) is 11.4 Å². The molecule has 0 unspecified atom stereocenters. The van der Waals surface area contributed by atoms with Gasteiger partial charge in [-0.2, -0.15) is 0 Å². The molecular formula is C23H14Cl2N2O. The highest BCUT2D eigenvalue weighted by Gasteiger charge is 2.12. The van der Waals surface area contributed by atoms with Gasteiger partial charge >= 0.3 is 0 Å². The minimum absolute atomic E-state index is 0.0878. The smallest absolute Gasteiger partial charge is 0.193 e. The van der Waals surface area contributed by atoms with E-state index in [9.17, 15) is 4.79 Å². The number of hydrogen-bond acceptors (Lipinski definition) is 3. The van der Waals surface area contributed by atoms with Crippen LogP contribution >= 0.6 is 23.2 Å². The molecule has 0 atom stereocenters. The van der Waals surface area contributed by atoms with Crippen molar-refractivity contribution in [3.63, 3.8) is 0 Å². The van der Waals surface area contributed by atoms with E-state index in [4.69, 9.17) is 23.2 Å². The molecular weight excluding hydrogens is 391 g/mol. The molecule has 4 aromatic rings. The summed E-state index contributed by atoms with van der Waals surface area (Å²) in [7, 11) is 0. The Morgan fingerprint density at radius 2 is 1.00 bits per heavy atom. The zero-order valence-corrected chi connectivity index (χ0v) is 16.2. The maximum atomic E-state index is 13.0. The van der Waals surface area contributed by atoms with E-state index in [1.54, 1.807) is 60.9 Å². The number of ketones is 1. The van der Waals surface area contributed by atoms with Crippen molar-refractivity contribution < 1.29 is 4.79 Å². The van der Waals surface area contributed by atoms with Gasteiger partial charge in [-0.15, -0.1) is 0 Å². The zero-order valence-electron chi connectivity index (χ0n) is 14.6. The molecule has 0 aliphatic rings. The fraction of sp³-hybridized carbons (Fsp3) is 0. The molecule has 0 spiro atoms. The molecule has 2 heterocycles. The Morgan fingerprint density at radius 1 is 0.607 bits per heavy atom. The molecule has 5 heteroatoms. The number of benzene rings is 2. The molecule has 136 valence electrons. The van der Waals surface area contributed by atoms with Gasteiger partial charge in [0.25, 0.3) is 0 Å². The van der Waals surface area contributed by atoms with E-state index in [-0.39, 0.29) is 5.78 Å². The first kappa shape index (κ1) is 18.4. The summed E-state index contributed by atoms with van der Waals surface area (Å²) in [5.41, 5.74) is 4.36. The minimum atomic E-state index is -0.0878. The average molecular weight is 405 g/mol. The number of hydrogen-bond donors (Lipinski definition) is 0. The third-order valence-corrected chi connectivity index (χ3v) is 4.83. The van der Waals surface area contributed by atoms with Crippen molar-refractivity contribution in [1.82, 2.24) is 9.97 Å². The summed E-state index contributed by atoms with van der Waals surface area (Å²) >= 11 is 11.9. The maximum Gasteiger partial charge on any atom is 0.193 e. The van der Waals surface area contributed by atoms with Crippen LogP contribution in [0, 0.1) is 0 Å². The number of pyridine rings is 2. The predicted molar refractivity (Wildman–Crippen MR) is 113 cm³/mol. The SMILES string of the molecule is O=C(c1ccnc(-c2ccc(Cl)cc2)c1)c1ccnc(-c2ccc(Cl)cc2)c1. The summed E-state index contributed by atoms with van der Waals surface area (Å²) in [6.45, 7) is 0. The van der Waals surface area contributed by atoms with Crippen LogP contribution in [0.4, 0.5) is 0 Å². The second-order valence-corrected chi connectivity index (χ2v) is 7.08. The summed E-state index contributed by atoms with van der Waals surface area (Å²) in [5, 5.41) is 1.31. The highest BCUT2D eigenvalue weighted by molar-refractivity contribution is 6.30. The lowest BCUT2D eigenvalue weighted by molar-refractivity contribution is 0.103. The Balaban J connectivity index is 1.66. The second kappa shape index (κ2) is 7.93. The Hall–Kier alpha value is -3.01. The van der Waals surface area contributed by atoms with Crippen molar-refractivity contribution in [3.05, 3.63) is 106 Å². The summed E-state index contributed by atoms with van der Waals surface area (Å²) in [6.07, 6.45) is 3.27. The number of carbonyl (C=O) groups excluding carboxylic acids is 1. The third-order valence-electron chi connectivity index (χ3n) is 4.32. The lowest BCUT2D eigenvalue weighted by atomic mass is 10.0. The van der Waals surface area contributed by atoms with Crippen LogP contribution in [0.25, 0.3) is 22.5 Å². The Labute approximate surface area is 172 Å². The quantitative estimate of drug-likeness (QED) is 0.372. The molecule has 0 aliphatic carbocycles. The standard InChI is InChI=1S/C23H14Cl2N2O/c24-19-5-1-15(2-6-19)21-13-17(9-11-26-21)23(28)18-10-12-27-22(14-18)16-3-7-20(25)8-4-16/h1-14H. The molecule has 4 rings (SSSR count). The normalized spacial score (nSPS) is 10.6. The van der Waals surface area contributed by atoms with Gasteiger partial charge in [-0.1, -0.05) is 47.5 Å². The molecule has 0 N–H and O–H groups in total. The van der Waals surface area contributed by atoms with Crippen LogP contribution in [0.5, 0.6) is 0 Å². The van der Waals surface area contributed by atoms with Crippen LogP contribution in [-0.2, 0) is 0 Å². The van der Waals surface area contributed by atoms with Crippen molar-refractivity contribution in [2.24, 2.45) is 0 Å². The van der Waals surface area contributed by atoms with Crippen LogP contribution in [-0.4, -0.2) is 15.8 Å². The first-order chi connectivity index (χ1) is 13.6. The lowest BCUT2D eigenvalue weighted by Gasteiger charge is -2.07.